The molecule has 0 fully saturated rings. The van der Waals surface area contributed by atoms with Crippen LogP contribution in [0.1, 0.15) is 5.56 Å². The molecule has 0 aliphatic rings. The van der Waals surface area contributed by atoms with Crippen LogP contribution in [0, 0.1) is 10.1 Å². The van der Waals surface area contributed by atoms with Crippen molar-refractivity contribution in [3.05, 3.63) is 38.3 Å². The number of halogens is 1. The maximum absolute atomic E-state index is 10.7. The fourth-order valence-corrected chi connectivity index (χ4v) is 1.51. The quantitative estimate of drug-likeness (QED) is 0.459. The first-order valence-corrected chi connectivity index (χ1v) is 5.44. The maximum Gasteiger partial charge on any atom is 0.283 e. The molecule has 88 valence electrons. The molecule has 0 amide bonds. The van der Waals surface area contributed by atoms with Gasteiger partial charge in [-0.15, -0.1) is 0 Å². The summed E-state index contributed by atoms with van der Waals surface area (Å²) in [5.41, 5.74) is 0.818. The highest BCUT2D eigenvalue weighted by molar-refractivity contribution is 9.10. The Morgan fingerprint density at radius 2 is 2.19 bits per heavy atom. The van der Waals surface area contributed by atoms with E-state index in [1.54, 1.807) is 19.2 Å². The molecule has 0 heterocycles. The molecule has 0 unspecified atom stereocenters. The number of rotatable bonds is 6. The van der Waals surface area contributed by atoms with Crippen LogP contribution in [0.25, 0.3) is 0 Å². The average Bonchev–Trinajstić information content (AvgIpc) is 2.26. The van der Waals surface area contributed by atoms with Crippen molar-refractivity contribution in [1.82, 2.24) is 0 Å². The van der Waals surface area contributed by atoms with E-state index in [1.807, 2.05) is 0 Å². The normalized spacial score (nSPS) is 10.4. The van der Waals surface area contributed by atoms with Crippen LogP contribution in [0.15, 0.2) is 22.7 Å². The summed E-state index contributed by atoms with van der Waals surface area (Å²) >= 11 is 3.12. The molecule has 0 radical (unpaired) electrons. The zero-order chi connectivity index (χ0) is 12.0. The monoisotopic (exact) mass is 289 g/mol. The highest BCUT2D eigenvalue weighted by atomic mass is 79.9. The van der Waals surface area contributed by atoms with E-state index in [4.69, 9.17) is 9.47 Å². The summed E-state index contributed by atoms with van der Waals surface area (Å²) in [6.45, 7) is 1.33. The van der Waals surface area contributed by atoms with Crippen molar-refractivity contribution in [2.75, 3.05) is 20.3 Å². The molecule has 0 saturated heterocycles. The molecule has 1 aromatic carbocycles. The van der Waals surface area contributed by atoms with Gasteiger partial charge in [-0.25, -0.2) is 0 Å². The molecule has 0 spiro atoms. The Morgan fingerprint density at radius 3 is 2.81 bits per heavy atom. The Balaban J connectivity index is 2.61. The summed E-state index contributed by atoms with van der Waals surface area (Å²) in [7, 11) is 1.59. The molecule has 0 N–H and O–H groups in total. The molecule has 0 aliphatic carbocycles. The summed E-state index contributed by atoms with van der Waals surface area (Å²) in [4.78, 5) is 10.2. The minimum absolute atomic E-state index is 0.0489. The predicted molar refractivity (Wildman–Crippen MR) is 62.3 cm³/mol. The van der Waals surface area contributed by atoms with Crippen molar-refractivity contribution < 1.29 is 14.4 Å². The average molecular weight is 290 g/mol. The summed E-state index contributed by atoms with van der Waals surface area (Å²) in [5.74, 6) is 0. The van der Waals surface area contributed by atoms with Crippen LogP contribution in [0.5, 0.6) is 0 Å². The molecule has 6 heteroatoms. The van der Waals surface area contributed by atoms with Crippen LogP contribution in [-0.2, 0) is 16.1 Å². The lowest BCUT2D eigenvalue weighted by Crippen LogP contribution is -2.02. The van der Waals surface area contributed by atoms with E-state index in [2.05, 4.69) is 15.9 Å². The van der Waals surface area contributed by atoms with Gasteiger partial charge in [-0.1, -0.05) is 6.07 Å². The second-order valence-corrected chi connectivity index (χ2v) is 3.94. The Bertz CT molecular complexity index is 370. The molecule has 0 bridgehead atoms. The SMILES string of the molecule is COCCOCc1ccc(Br)c([N+](=O)[O-])c1. The van der Waals surface area contributed by atoms with Gasteiger partial charge >= 0.3 is 0 Å². The smallest absolute Gasteiger partial charge is 0.283 e. The van der Waals surface area contributed by atoms with Crippen molar-refractivity contribution >= 4 is 21.6 Å². The molecule has 16 heavy (non-hydrogen) atoms. The molecule has 1 aromatic rings. The Kier molecular flexibility index (Phi) is 5.37. The summed E-state index contributed by atoms with van der Waals surface area (Å²) in [5, 5.41) is 10.7. The third kappa shape index (κ3) is 3.88. The topological polar surface area (TPSA) is 61.6 Å². The zero-order valence-electron chi connectivity index (χ0n) is 8.81. The molecular weight excluding hydrogens is 278 g/mol. The van der Waals surface area contributed by atoms with Crippen LogP contribution in [-0.4, -0.2) is 25.2 Å². The molecule has 0 atom stereocenters. The van der Waals surface area contributed by atoms with Gasteiger partial charge in [0.2, 0.25) is 0 Å². The highest BCUT2D eigenvalue weighted by Gasteiger charge is 2.11. The lowest BCUT2D eigenvalue weighted by molar-refractivity contribution is -0.385. The predicted octanol–water partition coefficient (Wildman–Crippen LogP) is 2.52. The van der Waals surface area contributed by atoms with Crippen LogP contribution >= 0.6 is 15.9 Å². The largest absolute Gasteiger partial charge is 0.382 e. The van der Waals surface area contributed by atoms with Gasteiger partial charge < -0.3 is 9.47 Å². The van der Waals surface area contributed by atoms with Crippen molar-refractivity contribution in [3.8, 4) is 0 Å². The van der Waals surface area contributed by atoms with Crippen LogP contribution < -0.4 is 0 Å². The third-order valence-electron chi connectivity index (χ3n) is 1.91. The van der Waals surface area contributed by atoms with Crippen molar-refractivity contribution in [1.29, 1.82) is 0 Å². The van der Waals surface area contributed by atoms with E-state index < -0.39 is 4.92 Å². The van der Waals surface area contributed by atoms with Gasteiger partial charge in [0.15, 0.2) is 0 Å². The fourth-order valence-electron chi connectivity index (χ4n) is 1.12. The van der Waals surface area contributed by atoms with E-state index in [-0.39, 0.29) is 5.69 Å². The molecular formula is C10H12BrNO4. The van der Waals surface area contributed by atoms with E-state index >= 15 is 0 Å². The van der Waals surface area contributed by atoms with Gasteiger partial charge in [-0.05, 0) is 27.6 Å². The first-order chi connectivity index (χ1) is 7.65. The number of methoxy groups -OCH3 is 1. The van der Waals surface area contributed by atoms with Crippen molar-refractivity contribution in [2.24, 2.45) is 0 Å². The first-order valence-electron chi connectivity index (χ1n) is 4.64. The highest BCUT2D eigenvalue weighted by Crippen LogP contribution is 2.25. The maximum atomic E-state index is 10.7. The molecule has 0 aliphatic heterocycles. The number of nitro benzene ring substituents is 1. The van der Waals surface area contributed by atoms with E-state index in [1.165, 1.54) is 6.07 Å². The van der Waals surface area contributed by atoms with Gasteiger partial charge in [0.05, 0.1) is 29.2 Å². The van der Waals surface area contributed by atoms with Crippen LogP contribution in [0.3, 0.4) is 0 Å². The molecule has 0 saturated carbocycles. The third-order valence-corrected chi connectivity index (χ3v) is 2.58. The number of hydrogen-bond acceptors (Lipinski definition) is 4. The molecule has 5 nitrogen and oxygen atoms in total. The summed E-state index contributed by atoms with van der Waals surface area (Å²) in [6, 6.07) is 4.92. The van der Waals surface area contributed by atoms with Crippen LogP contribution in [0.4, 0.5) is 5.69 Å². The van der Waals surface area contributed by atoms with E-state index in [9.17, 15) is 10.1 Å². The van der Waals surface area contributed by atoms with Gasteiger partial charge in [0.25, 0.3) is 5.69 Å². The standard InChI is InChI=1S/C10H12BrNO4/c1-15-4-5-16-7-8-2-3-9(11)10(6-8)12(13)14/h2-3,6H,4-5,7H2,1H3. The Labute approximate surface area is 102 Å². The lowest BCUT2D eigenvalue weighted by atomic mass is 10.2. The zero-order valence-corrected chi connectivity index (χ0v) is 10.4. The van der Waals surface area contributed by atoms with E-state index in [0.29, 0.717) is 24.3 Å². The second-order valence-electron chi connectivity index (χ2n) is 3.09. The number of ether oxygens (including phenoxy) is 2. The number of benzene rings is 1. The number of nitrogens with zero attached hydrogens (tertiary/aromatic N) is 1. The van der Waals surface area contributed by atoms with Gasteiger partial charge in [-0.3, -0.25) is 10.1 Å². The minimum Gasteiger partial charge on any atom is -0.382 e. The van der Waals surface area contributed by atoms with Crippen molar-refractivity contribution in [2.45, 2.75) is 6.61 Å². The van der Waals surface area contributed by atoms with Crippen molar-refractivity contribution in [3.63, 3.8) is 0 Å². The molecule has 0 aromatic heterocycles. The van der Waals surface area contributed by atoms with E-state index in [0.717, 1.165) is 5.56 Å². The fraction of sp³-hybridized carbons (Fsp3) is 0.400. The number of hydrogen-bond donors (Lipinski definition) is 0. The van der Waals surface area contributed by atoms with Gasteiger partial charge in [0, 0.05) is 13.2 Å². The Hall–Kier alpha value is -0.980. The van der Waals surface area contributed by atoms with Crippen LogP contribution in [0.2, 0.25) is 0 Å². The second kappa shape index (κ2) is 6.57. The Morgan fingerprint density at radius 1 is 1.44 bits per heavy atom. The van der Waals surface area contributed by atoms with Gasteiger partial charge in [-0.2, -0.15) is 0 Å². The lowest BCUT2D eigenvalue weighted by Gasteiger charge is -2.04. The van der Waals surface area contributed by atoms with Gasteiger partial charge in [0.1, 0.15) is 0 Å². The summed E-state index contributed by atoms with van der Waals surface area (Å²) in [6.07, 6.45) is 0. The summed E-state index contributed by atoms with van der Waals surface area (Å²) < 4.78 is 10.6. The molecule has 1 rings (SSSR count). The number of nitro groups is 1. The minimum atomic E-state index is -0.428. The first kappa shape index (κ1) is 13.1.